The second kappa shape index (κ2) is 8.07. The van der Waals surface area contributed by atoms with E-state index in [1.807, 2.05) is 38.1 Å². The molecule has 2 rings (SSSR count). The van der Waals surface area contributed by atoms with Gasteiger partial charge in [-0.25, -0.2) is 4.79 Å². The van der Waals surface area contributed by atoms with E-state index in [0.29, 0.717) is 18.1 Å². The summed E-state index contributed by atoms with van der Waals surface area (Å²) in [6.07, 6.45) is 0. The Balaban J connectivity index is 1.90. The minimum absolute atomic E-state index is 0.0392. The molecular weight excluding hydrogens is 320 g/mol. The number of hydrogen-bond donors (Lipinski definition) is 3. The molecule has 2 aromatic rings. The summed E-state index contributed by atoms with van der Waals surface area (Å²) in [5.74, 6) is 1.90. The van der Waals surface area contributed by atoms with Gasteiger partial charge in [0.25, 0.3) is 0 Å². The van der Waals surface area contributed by atoms with Gasteiger partial charge in [-0.1, -0.05) is 12.1 Å². The Labute approximate surface area is 148 Å². The SMILES string of the molecule is CCOc1cccc(C(C)NC(=O)NCC(C)(O)c2ccc(C)o2)c1. The average molecular weight is 346 g/mol. The van der Waals surface area contributed by atoms with E-state index < -0.39 is 5.60 Å². The largest absolute Gasteiger partial charge is 0.494 e. The first-order valence-corrected chi connectivity index (χ1v) is 8.38. The fourth-order valence-electron chi connectivity index (χ4n) is 2.43. The van der Waals surface area contributed by atoms with Gasteiger partial charge in [0.2, 0.25) is 0 Å². The zero-order chi connectivity index (χ0) is 18.4. The smallest absolute Gasteiger partial charge is 0.315 e. The fraction of sp³-hybridized carbons (Fsp3) is 0.421. The number of carbonyl (C=O) groups is 1. The Kier molecular flexibility index (Phi) is 6.09. The van der Waals surface area contributed by atoms with Gasteiger partial charge in [0.1, 0.15) is 22.9 Å². The zero-order valence-corrected chi connectivity index (χ0v) is 15.1. The van der Waals surface area contributed by atoms with Gasteiger partial charge in [0.15, 0.2) is 0 Å². The molecule has 0 aliphatic rings. The van der Waals surface area contributed by atoms with E-state index in [0.717, 1.165) is 11.3 Å². The van der Waals surface area contributed by atoms with Crippen molar-refractivity contribution < 1.29 is 19.1 Å². The molecule has 0 radical (unpaired) electrons. The van der Waals surface area contributed by atoms with Gasteiger partial charge >= 0.3 is 6.03 Å². The second-order valence-corrected chi connectivity index (χ2v) is 6.24. The van der Waals surface area contributed by atoms with Crippen LogP contribution < -0.4 is 15.4 Å². The molecule has 0 aliphatic heterocycles. The zero-order valence-electron chi connectivity index (χ0n) is 15.1. The van der Waals surface area contributed by atoms with E-state index in [-0.39, 0.29) is 18.6 Å². The summed E-state index contributed by atoms with van der Waals surface area (Å²) in [7, 11) is 0. The molecule has 1 aromatic heterocycles. The highest BCUT2D eigenvalue weighted by Gasteiger charge is 2.27. The van der Waals surface area contributed by atoms with Crippen molar-refractivity contribution in [2.75, 3.05) is 13.2 Å². The van der Waals surface area contributed by atoms with Gasteiger partial charge in [0, 0.05) is 0 Å². The Morgan fingerprint density at radius 2 is 2.12 bits per heavy atom. The van der Waals surface area contributed by atoms with Crippen LogP contribution in [0.2, 0.25) is 0 Å². The standard InChI is InChI=1S/C19H26N2O4/c1-5-24-16-8-6-7-15(11-16)14(3)21-18(22)20-12-19(4,23)17-10-9-13(2)25-17/h6-11,14,23H,5,12H2,1-4H3,(H2,20,21,22). The molecule has 0 saturated heterocycles. The third-order valence-electron chi connectivity index (χ3n) is 3.88. The molecule has 1 heterocycles. The topological polar surface area (TPSA) is 83.7 Å². The van der Waals surface area contributed by atoms with Gasteiger partial charge in [-0.05, 0) is 57.5 Å². The average Bonchev–Trinajstić information content (AvgIpc) is 3.01. The molecule has 0 saturated carbocycles. The number of rotatable bonds is 7. The third-order valence-corrected chi connectivity index (χ3v) is 3.88. The molecule has 2 unspecified atom stereocenters. The van der Waals surface area contributed by atoms with Crippen LogP contribution in [0.4, 0.5) is 4.79 Å². The number of carbonyl (C=O) groups excluding carboxylic acids is 1. The Morgan fingerprint density at radius 3 is 2.76 bits per heavy atom. The van der Waals surface area contributed by atoms with Crippen LogP contribution in [0.25, 0.3) is 0 Å². The number of aliphatic hydroxyl groups is 1. The number of amides is 2. The van der Waals surface area contributed by atoms with Crippen LogP contribution in [0.15, 0.2) is 40.8 Å². The quantitative estimate of drug-likeness (QED) is 0.718. The van der Waals surface area contributed by atoms with Gasteiger partial charge in [-0.3, -0.25) is 0 Å². The van der Waals surface area contributed by atoms with Crippen LogP contribution in [0.3, 0.4) is 0 Å². The van der Waals surface area contributed by atoms with Gasteiger partial charge in [-0.15, -0.1) is 0 Å². The van der Waals surface area contributed by atoms with E-state index in [9.17, 15) is 9.90 Å². The van der Waals surface area contributed by atoms with Crippen molar-refractivity contribution in [1.29, 1.82) is 0 Å². The summed E-state index contributed by atoms with van der Waals surface area (Å²) in [6, 6.07) is 10.5. The molecule has 0 bridgehead atoms. The lowest BCUT2D eigenvalue weighted by Crippen LogP contribution is -2.44. The molecule has 0 fully saturated rings. The number of furan rings is 1. The maximum Gasteiger partial charge on any atom is 0.315 e. The Morgan fingerprint density at radius 1 is 1.36 bits per heavy atom. The highest BCUT2D eigenvalue weighted by molar-refractivity contribution is 5.74. The maximum atomic E-state index is 12.1. The first-order chi connectivity index (χ1) is 11.8. The molecule has 3 N–H and O–H groups in total. The Bertz CT molecular complexity index is 709. The first-order valence-electron chi connectivity index (χ1n) is 8.38. The van der Waals surface area contributed by atoms with Crippen molar-refractivity contribution in [2.24, 2.45) is 0 Å². The van der Waals surface area contributed by atoms with Crippen LogP contribution in [0.1, 0.15) is 43.9 Å². The minimum Gasteiger partial charge on any atom is -0.494 e. The predicted octanol–water partition coefficient (Wildman–Crippen LogP) is 3.25. The minimum atomic E-state index is -1.27. The Hall–Kier alpha value is -2.47. The van der Waals surface area contributed by atoms with E-state index in [4.69, 9.17) is 9.15 Å². The summed E-state index contributed by atoms with van der Waals surface area (Å²) in [6.45, 7) is 7.84. The number of nitrogens with one attached hydrogen (secondary N) is 2. The summed E-state index contributed by atoms with van der Waals surface area (Å²) < 4.78 is 10.9. The van der Waals surface area contributed by atoms with E-state index >= 15 is 0 Å². The van der Waals surface area contributed by atoms with E-state index in [1.54, 1.807) is 26.0 Å². The van der Waals surface area contributed by atoms with Crippen molar-refractivity contribution in [2.45, 2.75) is 39.3 Å². The van der Waals surface area contributed by atoms with Crippen LogP contribution in [-0.4, -0.2) is 24.3 Å². The molecule has 0 aliphatic carbocycles. The number of hydrogen-bond acceptors (Lipinski definition) is 4. The highest BCUT2D eigenvalue weighted by Crippen LogP contribution is 2.22. The normalized spacial score (nSPS) is 14.4. The molecule has 2 atom stereocenters. The predicted molar refractivity (Wildman–Crippen MR) is 95.6 cm³/mol. The molecule has 1 aromatic carbocycles. The molecule has 25 heavy (non-hydrogen) atoms. The summed E-state index contributed by atoms with van der Waals surface area (Å²) >= 11 is 0. The lowest BCUT2D eigenvalue weighted by Gasteiger charge is -2.22. The van der Waals surface area contributed by atoms with E-state index in [2.05, 4.69) is 10.6 Å². The van der Waals surface area contributed by atoms with Crippen LogP contribution in [0, 0.1) is 6.92 Å². The van der Waals surface area contributed by atoms with Crippen molar-refractivity contribution >= 4 is 6.03 Å². The molecule has 0 spiro atoms. The molecule has 6 heteroatoms. The van der Waals surface area contributed by atoms with Gasteiger partial charge in [-0.2, -0.15) is 0 Å². The molecule has 6 nitrogen and oxygen atoms in total. The van der Waals surface area contributed by atoms with Crippen molar-refractivity contribution in [1.82, 2.24) is 10.6 Å². The second-order valence-electron chi connectivity index (χ2n) is 6.24. The number of benzene rings is 1. The number of urea groups is 1. The number of aryl methyl sites for hydroxylation is 1. The number of ether oxygens (including phenoxy) is 1. The first kappa shape index (κ1) is 18.9. The van der Waals surface area contributed by atoms with Gasteiger partial charge < -0.3 is 24.9 Å². The van der Waals surface area contributed by atoms with Crippen LogP contribution in [0.5, 0.6) is 5.75 Å². The van der Waals surface area contributed by atoms with Crippen molar-refractivity contribution in [3.8, 4) is 5.75 Å². The lowest BCUT2D eigenvalue weighted by atomic mass is 10.0. The van der Waals surface area contributed by atoms with Crippen molar-refractivity contribution in [3.63, 3.8) is 0 Å². The summed E-state index contributed by atoms with van der Waals surface area (Å²) in [5, 5.41) is 16.0. The lowest BCUT2D eigenvalue weighted by molar-refractivity contribution is 0.0359. The van der Waals surface area contributed by atoms with Crippen molar-refractivity contribution in [3.05, 3.63) is 53.5 Å². The molecule has 2 amide bonds. The molecule has 136 valence electrons. The summed E-state index contributed by atoms with van der Waals surface area (Å²) in [5.41, 5.74) is -0.335. The van der Waals surface area contributed by atoms with Crippen LogP contribution >= 0.6 is 0 Å². The fourth-order valence-corrected chi connectivity index (χ4v) is 2.43. The maximum absolute atomic E-state index is 12.1. The highest BCUT2D eigenvalue weighted by atomic mass is 16.5. The van der Waals surface area contributed by atoms with Gasteiger partial charge in [0.05, 0.1) is 19.2 Å². The summed E-state index contributed by atoms with van der Waals surface area (Å²) in [4.78, 5) is 12.1. The van der Waals surface area contributed by atoms with Crippen LogP contribution in [-0.2, 0) is 5.60 Å². The third kappa shape index (κ3) is 5.26. The molecular formula is C19H26N2O4. The van der Waals surface area contributed by atoms with E-state index in [1.165, 1.54) is 0 Å². The monoisotopic (exact) mass is 346 g/mol.